The summed E-state index contributed by atoms with van der Waals surface area (Å²) in [6.07, 6.45) is 2.85. The summed E-state index contributed by atoms with van der Waals surface area (Å²) in [7, 11) is -1.92. The molecule has 3 rings (SSSR count). The summed E-state index contributed by atoms with van der Waals surface area (Å²) in [5, 5.41) is 3.05. The normalized spacial score (nSPS) is 17.7. The fourth-order valence-corrected chi connectivity index (χ4v) is 5.67. The van der Waals surface area contributed by atoms with Crippen LogP contribution in [0.15, 0.2) is 51.8 Å². The standard InChI is InChI=1S/C21H25BrN2O4S/c1-15-5-3-4-12-24(15)29(26,27)18-9-7-17(8-10-18)23-14-20(25)16-6-11-21(28-2)19(22)13-16/h6-11,13,15,23H,3-5,12,14H2,1-2H3. The second kappa shape index (κ2) is 9.28. The summed E-state index contributed by atoms with van der Waals surface area (Å²) in [5.41, 5.74) is 1.25. The number of rotatable bonds is 7. The molecule has 1 unspecified atom stereocenters. The Morgan fingerprint density at radius 1 is 1.21 bits per heavy atom. The van der Waals surface area contributed by atoms with Gasteiger partial charge in [-0.05, 0) is 78.2 Å². The van der Waals surface area contributed by atoms with Gasteiger partial charge in [-0.15, -0.1) is 0 Å². The molecule has 0 aliphatic carbocycles. The molecule has 0 radical (unpaired) electrons. The minimum atomic E-state index is -3.49. The molecule has 6 nitrogen and oxygen atoms in total. The summed E-state index contributed by atoms with van der Waals surface area (Å²) < 4.78 is 33.2. The second-order valence-corrected chi connectivity index (χ2v) is 9.86. The molecule has 1 N–H and O–H groups in total. The topological polar surface area (TPSA) is 75.7 Å². The zero-order valence-corrected chi connectivity index (χ0v) is 18.9. The molecule has 1 aliphatic heterocycles. The lowest BCUT2D eigenvalue weighted by atomic mass is 10.1. The van der Waals surface area contributed by atoms with Crippen molar-refractivity contribution in [3.63, 3.8) is 0 Å². The van der Waals surface area contributed by atoms with Crippen LogP contribution < -0.4 is 10.1 Å². The average Bonchev–Trinajstić information content (AvgIpc) is 2.72. The largest absolute Gasteiger partial charge is 0.496 e. The molecule has 1 fully saturated rings. The number of benzene rings is 2. The van der Waals surface area contributed by atoms with Crippen LogP contribution in [0.4, 0.5) is 5.69 Å². The lowest BCUT2D eigenvalue weighted by Crippen LogP contribution is -2.41. The number of nitrogens with one attached hydrogen (secondary N) is 1. The number of ether oxygens (including phenoxy) is 1. The molecule has 8 heteroatoms. The van der Waals surface area contributed by atoms with Crippen LogP contribution >= 0.6 is 15.9 Å². The van der Waals surface area contributed by atoms with E-state index >= 15 is 0 Å². The molecular weight excluding hydrogens is 456 g/mol. The highest BCUT2D eigenvalue weighted by atomic mass is 79.9. The number of piperidine rings is 1. The van der Waals surface area contributed by atoms with Gasteiger partial charge in [-0.25, -0.2) is 8.42 Å². The third-order valence-corrected chi connectivity index (χ3v) is 7.78. The van der Waals surface area contributed by atoms with Crippen LogP contribution in [0.3, 0.4) is 0 Å². The fourth-order valence-electron chi connectivity index (χ4n) is 3.43. The van der Waals surface area contributed by atoms with Crippen LogP contribution in [0.5, 0.6) is 5.75 Å². The van der Waals surface area contributed by atoms with E-state index in [0.717, 1.165) is 19.3 Å². The van der Waals surface area contributed by atoms with Crippen LogP contribution in [0.2, 0.25) is 0 Å². The van der Waals surface area contributed by atoms with Gasteiger partial charge < -0.3 is 10.1 Å². The molecule has 29 heavy (non-hydrogen) atoms. The van der Waals surface area contributed by atoms with Gasteiger partial charge in [0.25, 0.3) is 0 Å². The van der Waals surface area contributed by atoms with Gasteiger partial charge >= 0.3 is 0 Å². The Hall–Kier alpha value is -1.90. The number of ketones is 1. The van der Waals surface area contributed by atoms with Gasteiger partial charge in [0, 0.05) is 23.8 Å². The second-order valence-electron chi connectivity index (χ2n) is 7.11. The number of hydrogen-bond donors (Lipinski definition) is 1. The van der Waals surface area contributed by atoms with E-state index in [4.69, 9.17) is 4.74 Å². The molecule has 0 aromatic heterocycles. The van der Waals surface area contributed by atoms with Gasteiger partial charge in [-0.2, -0.15) is 4.31 Å². The first-order chi connectivity index (χ1) is 13.8. The Kier molecular flexibility index (Phi) is 6.97. The number of Topliss-reactive ketones (excluding diaryl/α,β-unsaturated/α-hetero) is 1. The first-order valence-corrected chi connectivity index (χ1v) is 11.8. The number of sulfonamides is 1. The first kappa shape index (κ1) is 21.8. The van der Waals surface area contributed by atoms with Crippen molar-refractivity contribution in [1.29, 1.82) is 0 Å². The van der Waals surface area contributed by atoms with Crippen LogP contribution in [-0.2, 0) is 10.0 Å². The van der Waals surface area contributed by atoms with E-state index in [9.17, 15) is 13.2 Å². The van der Waals surface area contributed by atoms with Gasteiger partial charge in [0.1, 0.15) is 5.75 Å². The summed E-state index contributed by atoms with van der Waals surface area (Å²) in [6.45, 7) is 2.62. The Morgan fingerprint density at radius 3 is 2.55 bits per heavy atom. The van der Waals surface area contributed by atoms with Crippen molar-refractivity contribution in [2.75, 3.05) is 25.5 Å². The maximum Gasteiger partial charge on any atom is 0.243 e. The number of carbonyl (C=O) groups excluding carboxylic acids is 1. The Balaban J connectivity index is 1.64. The number of carbonyl (C=O) groups is 1. The van der Waals surface area contributed by atoms with Crippen molar-refractivity contribution in [2.45, 2.75) is 37.1 Å². The van der Waals surface area contributed by atoms with Crippen LogP contribution in [-0.4, -0.2) is 44.7 Å². The quantitative estimate of drug-likeness (QED) is 0.597. The number of hydrogen-bond acceptors (Lipinski definition) is 5. The molecule has 1 saturated heterocycles. The summed E-state index contributed by atoms with van der Waals surface area (Å²) >= 11 is 3.38. The van der Waals surface area contributed by atoms with Gasteiger partial charge in [0.05, 0.1) is 23.0 Å². The number of anilines is 1. The van der Waals surface area contributed by atoms with E-state index in [2.05, 4.69) is 21.2 Å². The Bertz CT molecular complexity index is 977. The molecular formula is C21H25BrN2O4S. The highest BCUT2D eigenvalue weighted by molar-refractivity contribution is 9.10. The molecule has 1 aliphatic rings. The van der Waals surface area contributed by atoms with E-state index in [1.54, 1.807) is 53.9 Å². The smallest absolute Gasteiger partial charge is 0.243 e. The lowest BCUT2D eigenvalue weighted by molar-refractivity contribution is 0.101. The number of methoxy groups -OCH3 is 1. The van der Waals surface area contributed by atoms with Crippen molar-refractivity contribution in [3.05, 3.63) is 52.5 Å². The van der Waals surface area contributed by atoms with Gasteiger partial charge in [0.15, 0.2) is 5.78 Å². The van der Waals surface area contributed by atoms with Crippen LogP contribution in [0, 0.1) is 0 Å². The minimum absolute atomic E-state index is 0.0213. The minimum Gasteiger partial charge on any atom is -0.496 e. The van der Waals surface area contributed by atoms with Crippen LogP contribution in [0.25, 0.3) is 0 Å². The van der Waals surface area contributed by atoms with Gasteiger partial charge in [-0.1, -0.05) is 6.42 Å². The van der Waals surface area contributed by atoms with Crippen molar-refractivity contribution in [1.82, 2.24) is 4.31 Å². The van der Waals surface area contributed by atoms with E-state index in [-0.39, 0.29) is 23.3 Å². The van der Waals surface area contributed by atoms with Crippen molar-refractivity contribution >= 4 is 37.4 Å². The number of nitrogens with zero attached hydrogens (tertiary/aromatic N) is 1. The monoisotopic (exact) mass is 480 g/mol. The molecule has 0 bridgehead atoms. The predicted molar refractivity (Wildman–Crippen MR) is 117 cm³/mol. The Labute approximate surface area is 180 Å². The molecule has 2 aromatic carbocycles. The summed E-state index contributed by atoms with van der Waals surface area (Å²) in [6, 6.07) is 11.8. The fraction of sp³-hybridized carbons (Fsp3) is 0.381. The molecule has 2 aromatic rings. The van der Waals surface area contributed by atoms with Crippen LogP contribution in [0.1, 0.15) is 36.5 Å². The SMILES string of the molecule is COc1ccc(C(=O)CNc2ccc(S(=O)(=O)N3CCCCC3C)cc2)cc1Br. The van der Waals surface area contributed by atoms with Gasteiger partial charge in [0.2, 0.25) is 10.0 Å². The maximum absolute atomic E-state index is 12.9. The first-order valence-electron chi connectivity index (χ1n) is 9.55. The van der Waals surface area contributed by atoms with E-state index < -0.39 is 10.0 Å². The molecule has 0 amide bonds. The Morgan fingerprint density at radius 2 is 1.93 bits per heavy atom. The van der Waals surface area contributed by atoms with Gasteiger partial charge in [-0.3, -0.25) is 4.79 Å². The lowest BCUT2D eigenvalue weighted by Gasteiger charge is -2.32. The molecule has 0 saturated carbocycles. The molecule has 1 heterocycles. The molecule has 156 valence electrons. The van der Waals surface area contributed by atoms with E-state index in [1.165, 1.54) is 0 Å². The zero-order chi connectivity index (χ0) is 21.0. The number of halogens is 1. The van der Waals surface area contributed by atoms with E-state index in [0.29, 0.717) is 28.0 Å². The summed E-state index contributed by atoms with van der Waals surface area (Å²) in [4.78, 5) is 12.7. The van der Waals surface area contributed by atoms with E-state index in [1.807, 2.05) is 6.92 Å². The zero-order valence-electron chi connectivity index (χ0n) is 16.5. The average molecular weight is 481 g/mol. The van der Waals surface area contributed by atoms with Crippen molar-refractivity contribution in [3.8, 4) is 5.75 Å². The van der Waals surface area contributed by atoms with Crippen molar-refractivity contribution < 1.29 is 17.9 Å². The highest BCUT2D eigenvalue weighted by Gasteiger charge is 2.30. The maximum atomic E-state index is 12.9. The molecule has 1 atom stereocenters. The van der Waals surface area contributed by atoms with Crippen molar-refractivity contribution in [2.24, 2.45) is 0 Å². The summed E-state index contributed by atoms with van der Waals surface area (Å²) in [5.74, 6) is 0.585. The predicted octanol–water partition coefficient (Wildman–Crippen LogP) is 4.32. The highest BCUT2D eigenvalue weighted by Crippen LogP contribution is 2.27. The third-order valence-electron chi connectivity index (χ3n) is 5.13. The third kappa shape index (κ3) is 4.99. The molecule has 0 spiro atoms.